The van der Waals surface area contributed by atoms with Gasteiger partial charge < -0.3 is 14.6 Å². The van der Waals surface area contributed by atoms with Gasteiger partial charge in [0.15, 0.2) is 0 Å². The Hall–Kier alpha value is -0.670. The monoisotopic (exact) mass is 484 g/mol. The predicted molar refractivity (Wildman–Crippen MR) is 95.2 cm³/mol. The average Bonchev–Trinajstić information content (AvgIpc) is 2.36. The second-order valence-corrected chi connectivity index (χ2v) is 10.5. The van der Waals surface area contributed by atoms with Crippen molar-refractivity contribution in [2.75, 3.05) is 0 Å². The van der Waals surface area contributed by atoms with Crippen molar-refractivity contribution >= 4 is 50.8 Å². The molecule has 22 heavy (non-hydrogen) atoms. The number of aldehydes is 1. The first-order chi connectivity index (χ1) is 9.93. The molecule has 0 aliphatic rings. The summed E-state index contributed by atoms with van der Waals surface area (Å²) in [5.41, 5.74) is 0.283. The van der Waals surface area contributed by atoms with Crippen LogP contribution in [0.4, 0.5) is 0 Å². The Bertz CT molecular complexity index is 560. The van der Waals surface area contributed by atoms with Gasteiger partial charge in [-0.05, 0) is 39.8 Å². The Morgan fingerprint density at radius 1 is 1.27 bits per heavy atom. The molecular formula is C15H18BrIO5. The second kappa shape index (κ2) is 7.27. The summed E-state index contributed by atoms with van der Waals surface area (Å²) in [7, 11) is 0. The topological polar surface area (TPSA) is 72.8 Å². The van der Waals surface area contributed by atoms with Crippen molar-refractivity contribution in [1.29, 1.82) is 0 Å². The van der Waals surface area contributed by atoms with Crippen LogP contribution >= 0.6 is 38.5 Å². The van der Waals surface area contributed by atoms with E-state index in [1.807, 2.05) is 0 Å². The molecule has 0 amide bonds. The fourth-order valence-corrected chi connectivity index (χ4v) is 1.49. The molecule has 1 N–H and O–H groups in total. The van der Waals surface area contributed by atoms with E-state index >= 15 is 0 Å². The molecule has 5 nitrogen and oxygen atoms in total. The first-order valence-electron chi connectivity index (χ1n) is 6.48. The van der Waals surface area contributed by atoms with Crippen molar-refractivity contribution in [1.82, 2.24) is 0 Å². The fraction of sp³-hybridized carbons (Fsp3) is 0.467. The van der Waals surface area contributed by atoms with Crippen LogP contribution in [0.25, 0.3) is 0 Å². The van der Waals surface area contributed by atoms with Gasteiger partial charge in [-0.2, -0.15) is 0 Å². The highest BCUT2D eigenvalue weighted by atomic mass is 127. The average molecular weight is 485 g/mol. The molecule has 0 aliphatic carbocycles. The third kappa shape index (κ3) is 5.85. The van der Waals surface area contributed by atoms with E-state index in [4.69, 9.17) is 9.47 Å². The largest absolute Gasteiger partial charge is 0.464 e. The van der Waals surface area contributed by atoms with Gasteiger partial charge in [0, 0.05) is 11.6 Å². The Morgan fingerprint density at radius 2 is 1.82 bits per heavy atom. The molecule has 1 rings (SSSR count). The number of benzene rings is 1. The number of hydrogen-bond donors (Lipinski definition) is 1. The van der Waals surface area contributed by atoms with E-state index in [-0.39, 0.29) is 17.1 Å². The van der Waals surface area contributed by atoms with E-state index in [0.717, 1.165) is 0 Å². The molecular weight excluding hydrogens is 467 g/mol. The van der Waals surface area contributed by atoms with Gasteiger partial charge >= 0.3 is 5.97 Å². The van der Waals surface area contributed by atoms with Gasteiger partial charge in [-0.1, -0.05) is 38.5 Å². The number of carbonyl (C=O) groups excluding carboxylic acids is 2. The van der Waals surface area contributed by atoms with E-state index < -0.39 is 20.0 Å². The zero-order valence-corrected chi connectivity index (χ0v) is 16.5. The van der Waals surface area contributed by atoms with E-state index in [9.17, 15) is 14.7 Å². The van der Waals surface area contributed by atoms with Gasteiger partial charge in [-0.3, -0.25) is 9.59 Å². The maximum atomic E-state index is 11.9. The SMILES string of the molecule is CC(C)(Br)C(=O)Oc1cc(C=O)cc(OC(O)C(C)(C)I)c1. The molecule has 1 atom stereocenters. The lowest BCUT2D eigenvalue weighted by atomic mass is 10.2. The zero-order chi connectivity index (χ0) is 17.1. The summed E-state index contributed by atoms with van der Waals surface area (Å²) in [6.07, 6.45) is -0.461. The summed E-state index contributed by atoms with van der Waals surface area (Å²) in [6, 6.07) is 4.35. The van der Waals surface area contributed by atoms with Crippen LogP contribution in [0, 0.1) is 0 Å². The molecule has 0 aliphatic heterocycles. The molecule has 0 heterocycles. The molecule has 0 saturated heterocycles. The van der Waals surface area contributed by atoms with Crippen molar-refractivity contribution in [3.8, 4) is 11.5 Å². The Kier molecular flexibility index (Phi) is 6.40. The number of carbonyl (C=O) groups is 2. The maximum absolute atomic E-state index is 11.9. The van der Waals surface area contributed by atoms with E-state index in [0.29, 0.717) is 6.29 Å². The fourth-order valence-electron chi connectivity index (χ4n) is 1.29. The number of rotatable bonds is 6. The van der Waals surface area contributed by atoms with E-state index in [1.165, 1.54) is 18.2 Å². The number of esters is 1. The van der Waals surface area contributed by atoms with Crippen LogP contribution in [0.2, 0.25) is 0 Å². The third-order valence-electron chi connectivity index (χ3n) is 2.57. The predicted octanol–water partition coefficient (Wildman–Crippen LogP) is 3.49. The minimum atomic E-state index is -1.08. The molecule has 0 aromatic heterocycles. The van der Waals surface area contributed by atoms with Crippen LogP contribution in [0.1, 0.15) is 38.1 Å². The quantitative estimate of drug-likeness (QED) is 0.167. The Labute approximate surface area is 151 Å². The van der Waals surface area contributed by atoms with Gasteiger partial charge in [0.05, 0.1) is 3.42 Å². The van der Waals surface area contributed by atoms with Gasteiger partial charge in [0.2, 0.25) is 6.29 Å². The Morgan fingerprint density at radius 3 is 2.27 bits per heavy atom. The highest BCUT2D eigenvalue weighted by Gasteiger charge is 2.28. The number of ether oxygens (including phenoxy) is 2. The van der Waals surface area contributed by atoms with Crippen LogP contribution in [-0.2, 0) is 4.79 Å². The number of alkyl halides is 2. The van der Waals surface area contributed by atoms with Gasteiger partial charge in [-0.15, -0.1) is 0 Å². The summed E-state index contributed by atoms with van der Waals surface area (Å²) < 4.78 is 9.26. The minimum absolute atomic E-state index is 0.176. The molecule has 0 radical (unpaired) electrons. The molecule has 0 bridgehead atoms. The lowest BCUT2D eigenvalue weighted by Gasteiger charge is -2.25. The second-order valence-electron chi connectivity index (χ2n) is 5.75. The number of aliphatic hydroxyl groups excluding tert-OH is 1. The van der Waals surface area contributed by atoms with Crippen LogP contribution < -0.4 is 9.47 Å². The van der Waals surface area contributed by atoms with Crippen molar-refractivity contribution in [3.05, 3.63) is 23.8 Å². The van der Waals surface area contributed by atoms with Crippen LogP contribution in [0.3, 0.4) is 0 Å². The third-order valence-corrected chi connectivity index (χ3v) is 3.43. The lowest BCUT2D eigenvalue weighted by molar-refractivity contribution is -0.136. The van der Waals surface area contributed by atoms with Gasteiger partial charge in [0.25, 0.3) is 0 Å². The molecule has 1 aromatic rings. The van der Waals surface area contributed by atoms with Crippen molar-refractivity contribution in [2.45, 2.75) is 41.7 Å². The van der Waals surface area contributed by atoms with E-state index in [1.54, 1.807) is 27.7 Å². The van der Waals surface area contributed by atoms with Crippen molar-refractivity contribution in [3.63, 3.8) is 0 Å². The van der Waals surface area contributed by atoms with Crippen molar-refractivity contribution < 1.29 is 24.2 Å². The summed E-state index contributed by atoms with van der Waals surface area (Å²) in [6.45, 7) is 6.91. The van der Waals surface area contributed by atoms with Crippen molar-refractivity contribution in [2.24, 2.45) is 0 Å². The van der Waals surface area contributed by atoms with Crippen LogP contribution in [-0.4, -0.2) is 31.4 Å². The van der Waals surface area contributed by atoms with Gasteiger partial charge in [-0.25, -0.2) is 0 Å². The van der Waals surface area contributed by atoms with Gasteiger partial charge in [0.1, 0.15) is 22.1 Å². The molecule has 1 unspecified atom stereocenters. The zero-order valence-electron chi connectivity index (χ0n) is 12.7. The summed E-state index contributed by atoms with van der Waals surface area (Å²) in [5.74, 6) is -0.0797. The molecule has 0 spiro atoms. The van der Waals surface area contributed by atoms with Crippen LogP contribution in [0.15, 0.2) is 18.2 Å². The number of hydrogen-bond acceptors (Lipinski definition) is 5. The highest BCUT2D eigenvalue weighted by Crippen LogP contribution is 2.29. The standard InChI is InChI=1S/C15H18BrIO5/c1-14(2,16)12(19)21-10-5-9(8-18)6-11(7-10)22-13(20)15(3,4)17/h5-8,13,20H,1-4H3. The molecule has 7 heteroatoms. The summed E-state index contributed by atoms with van der Waals surface area (Å²) >= 11 is 5.26. The highest BCUT2D eigenvalue weighted by molar-refractivity contribution is 14.1. The molecule has 0 saturated carbocycles. The van der Waals surface area contributed by atoms with Crippen LogP contribution in [0.5, 0.6) is 11.5 Å². The normalized spacial score (nSPS) is 13.4. The Balaban J connectivity index is 3.04. The lowest BCUT2D eigenvalue weighted by Crippen LogP contribution is -2.34. The summed E-state index contributed by atoms with van der Waals surface area (Å²) in [4.78, 5) is 22.9. The van der Waals surface area contributed by atoms with E-state index in [2.05, 4.69) is 38.5 Å². The summed E-state index contributed by atoms with van der Waals surface area (Å²) in [5, 5.41) is 9.97. The smallest absolute Gasteiger partial charge is 0.327 e. The number of halogens is 2. The maximum Gasteiger partial charge on any atom is 0.327 e. The first-order valence-corrected chi connectivity index (χ1v) is 8.36. The molecule has 0 fully saturated rings. The number of aliphatic hydroxyl groups is 1. The molecule has 122 valence electrons. The molecule has 1 aromatic carbocycles. The minimum Gasteiger partial charge on any atom is -0.464 e. The first kappa shape index (κ1) is 19.4.